The highest BCUT2D eigenvalue weighted by Crippen LogP contribution is 2.46. The number of benzene rings is 1. The van der Waals surface area contributed by atoms with Crippen molar-refractivity contribution in [3.05, 3.63) is 52.1 Å². The molecule has 2 N–H and O–H groups in total. The Morgan fingerprint density at radius 1 is 0.950 bits per heavy atom. The first-order valence-electron chi connectivity index (χ1n) is 7.02. The van der Waals surface area contributed by atoms with Crippen molar-refractivity contribution in [3.8, 4) is 0 Å². The Balaban J connectivity index is 2.70. The lowest BCUT2D eigenvalue weighted by molar-refractivity contribution is -0.188. The van der Waals surface area contributed by atoms with Crippen molar-refractivity contribution in [2.45, 2.75) is 47.3 Å². The molecule has 108 valence electrons. The molecule has 1 aromatic carbocycles. The van der Waals surface area contributed by atoms with Crippen LogP contribution in [-0.4, -0.2) is 16.0 Å². The molecule has 0 bridgehead atoms. The predicted octanol–water partition coefficient (Wildman–Crippen LogP) is 3.74. The molecule has 0 spiro atoms. The molecule has 0 saturated heterocycles. The van der Waals surface area contributed by atoms with Gasteiger partial charge in [0.1, 0.15) is 0 Å². The normalized spacial score (nSPS) is 20.9. The van der Waals surface area contributed by atoms with Crippen LogP contribution in [0.5, 0.6) is 0 Å². The van der Waals surface area contributed by atoms with Crippen LogP contribution in [0.1, 0.15) is 44.4 Å². The standard InChI is InChI=1S/C18H24O2/c1-11-8-7-9-15(12(11)2)16-10-17(5,6)18(19,20)14(4)13(16)3/h7-10,19-20H,1-6H3. The molecule has 0 radical (unpaired) electrons. The maximum absolute atomic E-state index is 10.4. The van der Waals surface area contributed by atoms with Crippen LogP contribution in [0.3, 0.4) is 0 Å². The molecule has 2 nitrogen and oxygen atoms in total. The number of allylic oxidation sites excluding steroid dienone is 2. The second-order valence-corrected chi connectivity index (χ2v) is 6.45. The van der Waals surface area contributed by atoms with Gasteiger partial charge in [-0.05, 0) is 61.1 Å². The van der Waals surface area contributed by atoms with Gasteiger partial charge in [0.05, 0.1) is 0 Å². The van der Waals surface area contributed by atoms with Crippen LogP contribution in [0.15, 0.2) is 35.4 Å². The highest BCUT2D eigenvalue weighted by Gasteiger charge is 2.46. The highest BCUT2D eigenvalue weighted by molar-refractivity contribution is 5.83. The van der Waals surface area contributed by atoms with Crippen LogP contribution in [0.2, 0.25) is 0 Å². The minimum atomic E-state index is -1.79. The van der Waals surface area contributed by atoms with Crippen molar-refractivity contribution in [2.24, 2.45) is 5.41 Å². The van der Waals surface area contributed by atoms with Gasteiger partial charge in [-0.1, -0.05) is 38.1 Å². The summed E-state index contributed by atoms with van der Waals surface area (Å²) in [5.74, 6) is -1.79. The van der Waals surface area contributed by atoms with Gasteiger partial charge >= 0.3 is 0 Å². The van der Waals surface area contributed by atoms with Gasteiger partial charge in [0.25, 0.3) is 0 Å². The van der Waals surface area contributed by atoms with Crippen molar-refractivity contribution in [1.29, 1.82) is 0 Å². The zero-order valence-corrected chi connectivity index (χ0v) is 13.2. The van der Waals surface area contributed by atoms with E-state index in [2.05, 4.69) is 26.0 Å². The van der Waals surface area contributed by atoms with Gasteiger partial charge in [0.15, 0.2) is 5.79 Å². The molecule has 0 aromatic heterocycles. The van der Waals surface area contributed by atoms with Crippen LogP contribution in [0.25, 0.3) is 5.57 Å². The lowest BCUT2D eigenvalue weighted by Gasteiger charge is -2.42. The van der Waals surface area contributed by atoms with E-state index < -0.39 is 11.2 Å². The third-order valence-electron chi connectivity index (χ3n) is 4.79. The average molecular weight is 272 g/mol. The van der Waals surface area contributed by atoms with E-state index in [0.717, 1.165) is 11.1 Å². The molecule has 0 atom stereocenters. The highest BCUT2D eigenvalue weighted by atomic mass is 16.5. The first-order valence-corrected chi connectivity index (χ1v) is 7.02. The molecule has 0 unspecified atom stereocenters. The lowest BCUT2D eigenvalue weighted by Crippen LogP contribution is -2.47. The SMILES string of the molecule is CC1=C(C)C(O)(O)C(C)(C)C=C1c1cccc(C)c1C. The van der Waals surface area contributed by atoms with E-state index in [9.17, 15) is 10.2 Å². The summed E-state index contributed by atoms with van der Waals surface area (Å²) >= 11 is 0. The van der Waals surface area contributed by atoms with Gasteiger partial charge in [0.2, 0.25) is 0 Å². The molecule has 0 heterocycles. The molecule has 1 aliphatic rings. The van der Waals surface area contributed by atoms with E-state index >= 15 is 0 Å². The van der Waals surface area contributed by atoms with Gasteiger partial charge in [-0.2, -0.15) is 0 Å². The summed E-state index contributed by atoms with van der Waals surface area (Å²) in [5, 5.41) is 20.8. The van der Waals surface area contributed by atoms with Gasteiger partial charge in [-0.15, -0.1) is 0 Å². The van der Waals surface area contributed by atoms with Crippen LogP contribution < -0.4 is 0 Å². The van der Waals surface area contributed by atoms with Crippen molar-refractivity contribution in [3.63, 3.8) is 0 Å². The van der Waals surface area contributed by atoms with Crippen LogP contribution >= 0.6 is 0 Å². The van der Waals surface area contributed by atoms with Crippen molar-refractivity contribution >= 4 is 5.57 Å². The molecule has 20 heavy (non-hydrogen) atoms. The maximum atomic E-state index is 10.4. The van der Waals surface area contributed by atoms with Crippen LogP contribution in [0.4, 0.5) is 0 Å². The molecular weight excluding hydrogens is 248 g/mol. The third-order valence-corrected chi connectivity index (χ3v) is 4.79. The van der Waals surface area contributed by atoms with E-state index in [-0.39, 0.29) is 0 Å². The molecular formula is C18H24O2. The van der Waals surface area contributed by atoms with Gasteiger partial charge in [-0.25, -0.2) is 0 Å². The maximum Gasteiger partial charge on any atom is 0.194 e. The summed E-state index contributed by atoms with van der Waals surface area (Å²) in [6, 6.07) is 6.25. The minimum Gasteiger partial charge on any atom is -0.362 e. The fourth-order valence-corrected chi connectivity index (χ4v) is 2.84. The second kappa shape index (κ2) is 4.57. The van der Waals surface area contributed by atoms with E-state index in [0.29, 0.717) is 5.57 Å². The lowest BCUT2D eigenvalue weighted by atomic mass is 9.70. The zero-order chi connectivity index (χ0) is 15.3. The number of rotatable bonds is 1. The number of hydrogen-bond donors (Lipinski definition) is 2. The summed E-state index contributed by atoms with van der Waals surface area (Å²) in [5.41, 5.74) is 5.62. The first-order chi connectivity index (χ1) is 9.09. The van der Waals surface area contributed by atoms with E-state index in [1.54, 1.807) is 6.92 Å². The smallest absolute Gasteiger partial charge is 0.194 e. The molecule has 0 saturated carbocycles. The first kappa shape index (κ1) is 15.0. The quantitative estimate of drug-likeness (QED) is 0.764. The Bertz CT molecular complexity index is 616. The summed E-state index contributed by atoms with van der Waals surface area (Å²) < 4.78 is 0. The Hall–Kier alpha value is -1.38. The minimum absolute atomic E-state index is 0.626. The Morgan fingerprint density at radius 2 is 1.55 bits per heavy atom. The molecule has 0 amide bonds. The molecule has 1 aromatic rings. The molecule has 1 aliphatic carbocycles. The summed E-state index contributed by atoms with van der Waals surface area (Å²) in [6.07, 6.45) is 1.98. The number of hydrogen-bond acceptors (Lipinski definition) is 2. The van der Waals surface area contributed by atoms with Gasteiger partial charge in [0, 0.05) is 5.41 Å². The Kier molecular flexibility index (Phi) is 3.43. The van der Waals surface area contributed by atoms with Crippen molar-refractivity contribution in [2.75, 3.05) is 0 Å². The Labute approximate surface area is 121 Å². The van der Waals surface area contributed by atoms with E-state index in [1.807, 2.05) is 32.9 Å². The zero-order valence-electron chi connectivity index (χ0n) is 13.2. The fraction of sp³-hybridized carbons (Fsp3) is 0.444. The fourth-order valence-electron chi connectivity index (χ4n) is 2.84. The number of aryl methyl sites for hydroxylation is 1. The second-order valence-electron chi connectivity index (χ2n) is 6.45. The summed E-state index contributed by atoms with van der Waals surface area (Å²) in [7, 11) is 0. The Morgan fingerprint density at radius 3 is 2.15 bits per heavy atom. The van der Waals surface area contributed by atoms with Crippen molar-refractivity contribution < 1.29 is 10.2 Å². The topological polar surface area (TPSA) is 40.5 Å². The van der Waals surface area contributed by atoms with Crippen molar-refractivity contribution in [1.82, 2.24) is 0 Å². The summed E-state index contributed by atoms with van der Waals surface area (Å²) in [6.45, 7) is 11.7. The average Bonchev–Trinajstić information content (AvgIpc) is 2.36. The van der Waals surface area contributed by atoms with Crippen LogP contribution in [-0.2, 0) is 0 Å². The van der Waals surface area contributed by atoms with E-state index in [4.69, 9.17) is 0 Å². The van der Waals surface area contributed by atoms with E-state index in [1.165, 1.54) is 16.7 Å². The number of aliphatic hydroxyl groups is 2. The molecule has 2 rings (SSSR count). The molecule has 0 fully saturated rings. The van der Waals surface area contributed by atoms with Gasteiger partial charge < -0.3 is 10.2 Å². The van der Waals surface area contributed by atoms with Gasteiger partial charge in [-0.3, -0.25) is 0 Å². The van der Waals surface area contributed by atoms with Crippen LogP contribution in [0, 0.1) is 19.3 Å². The third kappa shape index (κ3) is 2.04. The molecule has 0 aliphatic heterocycles. The monoisotopic (exact) mass is 272 g/mol. The summed E-state index contributed by atoms with van der Waals surface area (Å²) in [4.78, 5) is 0. The predicted molar refractivity (Wildman–Crippen MR) is 83.2 cm³/mol. The molecule has 2 heteroatoms. The largest absolute Gasteiger partial charge is 0.362 e.